The molecule has 0 aliphatic rings. The number of benzene rings is 2. The predicted octanol–water partition coefficient (Wildman–Crippen LogP) is 3.57. The van der Waals surface area contributed by atoms with E-state index in [1.807, 2.05) is 42.5 Å². The molecule has 0 saturated carbocycles. The fourth-order valence-corrected chi connectivity index (χ4v) is 1.91. The largest absolute Gasteiger partial charge is 0.493 e. The van der Waals surface area contributed by atoms with E-state index in [0.29, 0.717) is 17.1 Å². The standard InChI is InChI=1S/C16H16O3/c1-11(17)12-4-6-13(7-5-12)14-8-9-15(18-2)16(10-14)19-3/h4-10H,1-3H3. The normalized spacial score (nSPS) is 10.1. The minimum Gasteiger partial charge on any atom is -0.493 e. The van der Waals surface area contributed by atoms with Gasteiger partial charge in [-0.05, 0) is 30.2 Å². The van der Waals surface area contributed by atoms with Crippen molar-refractivity contribution in [3.05, 3.63) is 48.0 Å². The van der Waals surface area contributed by atoms with Crippen LogP contribution in [-0.2, 0) is 0 Å². The zero-order chi connectivity index (χ0) is 13.8. The van der Waals surface area contributed by atoms with E-state index in [4.69, 9.17) is 9.47 Å². The van der Waals surface area contributed by atoms with E-state index in [1.165, 1.54) is 0 Å². The monoisotopic (exact) mass is 256 g/mol. The molecule has 0 N–H and O–H groups in total. The van der Waals surface area contributed by atoms with Crippen molar-refractivity contribution in [1.29, 1.82) is 0 Å². The van der Waals surface area contributed by atoms with Gasteiger partial charge in [-0.3, -0.25) is 4.79 Å². The van der Waals surface area contributed by atoms with E-state index in [9.17, 15) is 4.79 Å². The molecule has 0 atom stereocenters. The number of rotatable bonds is 4. The first kappa shape index (κ1) is 13.1. The Balaban J connectivity index is 2.38. The summed E-state index contributed by atoms with van der Waals surface area (Å²) < 4.78 is 10.5. The number of carbonyl (C=O) groups is 1. The summed E-state index contributed by atoms with van der Waals surface area (Å²) in [5.74, 6) is 1.46. The average Bonchev–Trinajstić information content (AvgIpc) is 2.46. The molecule has 0 radical (unpaired) electrons. The number of ketones is 1. The summed E-state index contributed by atoms with van der Waals surface area (Å²) in [5.41, 5.74) is 2.77. The van der Waals surface area contributed by atoms with Gasteiger partial charge in [-0.2, -0.15) is 0 Å². The maximum absolute atomic E-state index is 11.2. The maximum Gasteiger partial charge on any atom is 0.161 e. The van der Waals surface area contributed by atoms with Gasteiger partial charge in [0.05, 0.1) is 14.2 Å². The minimum absolute atomic E-state index is 0.0684. The topological polar surface area (TPSA) is 35.5 Å². The lowest BCUT2D eigenvalue weighted by Crippen LogP contribution is -1.92. The minimum atomic E-state index is 0.0684. The van der Waals surface area contributed by atoms with Crippen LogP contribution in [0.2, 0.25) is 0 Å². The van der Waals surface area contributed by atoms with E-state index in [2.05, 4.69) is 0 Å². The molecule has 0 spiro atoms. The molecule has 0 amide bonds. The maximum atomic E-state index is 11.2. The third kappa shape index (κ3) is 2.76. The molecule has 19 heavy (non-hydrogen) atoms. The first-order valence-electron chi connectivity index (χ1n) is 5.99. The van der Waals surface area contributed by atoms with Crippen molar-refractivity contribution in [3.63, 3.8) is 0 Å². The number of carbonyl (C=O) groups excluding carboxylic acids is 1. The van der Waals surface area contributed by atoms with E-state index in [-0.39, 0.29) is 5.78 Å². The molecule has 0 fully saturated rings. The van der Waals surface area contributed by atoms with Gasteiger partial charge in [-0.25, -0.2) is 0 Å². The van der Waals surface area contributed by atoms with Gasteiger partial charge in [0.15, 0.2) is 17.3 Å². The van der Waals surface area contributed by atoms with Crippen molar-refractivity contribution in [1.82, 2.24) is 0 Å². The lowest BCUT2D eigenvalue weighted by molar-refractivity contribution is 0.101. The first-order chi connectivity index (χ1) is 9.15. The molecular weight excluding hydrogens is 240 g/mol. The van der Waals surface area contributed by atoms with Crippen molar-refractivity contribution in [2.45, 2.75) is 6.92 Å². The number of Topliss-reactive ketones (excluding diaryl/α,β-unsaturated/α-hetero) is 1. The number of ether oxygens (including phenoxy) is 2. The molecule has 0 bridgehead atoms. The summed E-state index contributed by atoms with van der Waals surface area (Å²) in [6, 6.07) is 13.3. The Morgan fingerprint density at radius 2 is 1.42 bits per heavy atom. The second-order valence-corrected chi connectivity index (χ2v) is 4.20. The molecule has 3 nitrogen and oxygen atoms in total. The van der Waals surface area contributed by atoms with Gasteiger partial charge >= 0.3 is 0 Å². The van der Waals surface area contributed by atoms with Gasteiger partial charge in [0.1, 0.15) is 0 Å². The highest BCUT2D eigenvalue weighted by atomic mass is 16.5. The third-order valence-electron chi connectivity index (χ3n) is 3.01. The predicted molar refractivity (Wildman–Crippen MR) is 75.0 cm³/mol. The van der Waals surface area contributed by atoms with Crippen molar-refractivity contribution in [2.75, 3.05) is 14.2 Å². The van der Waals surface area contributed by atoms with Crippen LogP contribution in [0.15, 0.2) is 42.5 Å². The molecule has 0 heterocycles. The highest BCUT2D eigenvalue weighted by Crippen LogP contribution is 2.32. The molecule has 2 aromatic carbocycles. The lowest BCUT2D eigenvalue weighted by atomic mass is 10.0. The van der Waals surface area contributed by atoms with Crippen LogP contribution in [0.4, 0.5) is 0 Å². The van der Waals surface area contributed by atoms with Crippen LogP contribution in [-0.4, -0.2) is 20.0 Å². The fraction of sp³-hybridized carbons (Fsp3) is 0.188. The summed E-state index contributed by atoms with van der Waals surface area (Å²) in [4.78, 5) is 11.2. The summed E-state index contributed by atoms with van der Waals surface area (Å²) in [6.45, 7) is 1.56. The van der Waals surface area contributed by atoms with Crippen LogP contribution in [0.3, 0.4) is 0 Å². The Labute approximate surface area is 112 Å². The molecule has 0 aliphatic heterocycles. The van der Waals surface area contributed by atoms with Gasteiger partial charge < -0.3 is 9.47 Å². The number of hydrogen-bond acceptors (Lipinski definition) is 3. The summed E-state index contributed by atoms with van der Waals surface area (Å²) in [7, 11) is 3.22. The van der Waals surface area contributed by atoms with Gasteiger partial charge in [0.2, 0.25) is 0 Å². The van der Waals surface area contributed by atoms with Crippen LogP contribution in [0.25, 0.3) is 11.1 Å². The Bertz CT molecular complexity index is 585. The highest BCUT2D eigenvalue weighted by Gasteiger charge is 2.06. The number of methoxy groups -OCH3 is 2. The zero-order valence-electron chi connectivity index (χ0n) is 11.3. The highest BCUT2D eigenvalue weighted by molar-refractivity contribution is 5.94. The molecule has 98 valence electrons. The second-order valence-electron chi connectivity index (χ2n) is 4.20. The molecule has 2 rings (SSSR count). The number of hydrogen-bond donors (Lipinski definition) is 0. The van der Waals surface area contributed by atoms with E-state index in [0.717, 1.165) is 11.1 Å². The Hall–Kier alpha value is -2.29. The lowest BCUT2D eigenvalue weighted by Gasteiger charge is -2.10. The van der Waals surface area contributed by atoms with Crippen molar-refractivity contribution in [2.24, 2.45) is 0 Å². The van der Waals surface area contributed by atoms with Gasteiger partial charge in [0.25, 0.3) is 0 Å². The van der Waals surface area contributed by atoms with Gasteiger partial charge in [0, 0.05) is 5.56 Å². The second kappa shape index (κ2) is 5.57. The van der Waals surface area contributed by atoms with E-state index in [1.54, 1.807) is 21.1 Å². The molecule has 0 aliphatic carbocycles. The van der Waals surface area contributed by atoms with Crippen molar-refractivity contribution >= 4 is 5.78 Å². The van der Waals surface area contributed by atoms with E-state index < -0.39 is 0 Å². The summed E-state index contributed by atoms with van der Waals surface area (Å²) in [6.07, 6.45) is 0. The van der Waals surface area contributed by atoms with Crippen LogP contribution in [0.1, 0.15) is 17.3 Å². The third-order valence-corrected chi connectivity index (χ3v) is 3.01. The molecule has 0 aromatic heterocycles. The zero-order valence-corrected chi connectivity index (χ0v) is 11.3. The van der Waals surface area contributed by atoms with Crippen molar-refractivity contribution in [3.8, 4) is 22.6 Å². The SMILES string of the molecule is COc1ccc(-c2ccc(C(C)=O)cc2)cc1OC. The van der Waals surface area contributed by atoms with Crippen LogP contribution >= 0.6 is 0 Å². The fourth-order valence-electron chi connectivity index (χ4n) is 1.91. The van der Waals surface area contributed by atoms with Crippen LogP contribution in [0, 0.1) is 0 Å². The molecule has 2 aromatic rings. The van der Waals surface area contributed by atoms with Gasteiger partial charge in [-0.1, -0.05) is 30.3 Å². The molecular formula is C16H16O3. The Morgan fingerprint density at radius 3 is 1.95 bits per heavy atom. The van der Waals surface area contributed by atoms with Crippen LogP contribution in [0.5, 0.6) is 11.5 Å². The Kier molecular flexibility index (Phi) is 3.85. The van der Waals surface area contributed by atoms with Crippen molar-refractivity contribution < 1.29 is 14.3 Å². The summed E-state index contributed by atoms with van der Waals surface area (Å²) >= 11 is 0. The summed E-state index contributed by atoms with van der Waals surface area (Å²) in [5, 5.41) is 0. The van der Waals surface area contributed by atoms with E-state index >= 15 is 0 Å². The molecule has 0 unspecified atom stereocenters. The quantitative estimate of drug-likeness (QED) is 0.784. The van der Waals surface area contributed by atoms with Crippen LogP contribution < -0.4 is 9.47 Å². The molecule has 0 saturated heterocycles. The average molecular weight is 256 g/mol. The van der Waals surface area contributed by atoms with Gasteiger partial charge in [-0.15, -0.1) is 0 Å². The molecule has 3 heteroatoms. The smallest absolute Gasteiger partial charge is 0.161 e. The Morgan fingerprint density at radius 1 is 0.842 bits per heavy atom. The first-order valence-corrected chi connectivity index (χ1v) is 5.99.